The number of aromatic hydroxyl groups is 2. The van der Waals surface area contributed by atoms with Gasteiger partial charge in [-0.15, -0.1) is 0 Å². The first kappa shape index (κ1) is 22.0. The lowest BCUT2D eigenvalue weighted by Gasteiger charge is -2.34. The van der Waals surface area contributed by atoms with E-state index in [4.69, 9.17) is 46.4 Å². The zero-order valence-electron chi connectivity index (χ0n) is 14.3. The Kier molecular flexibility index (Phi) is 5.98. The average molecular weight is 494 g/mol. The quantitative estimate of drug-likeness (QED) is 0.311. The van der Waals surface area contributed by atoms with Crippen LogP contribution in [0, 0.1) is 0 Å². The highest BCUT2D eigenvalue weighted by molar-refractivity contribution is 7.87. The second-order valence-electron chi connectivity index (χ2n) is 6.06. The predicted octanol–water partition coefficient (Wildman–Crippen LogP) is 5.89. The minimum Gasteiger partial charge on any atom is -0.506 e. The molecular weight excluding hydrogens is 482 g/mol. The molecule has 0 saturated heterocycles. The van der Waals surface area contributed by atoms with Gasteiger partial charge in [0.15, 0.2) is 4.75 Å². The van der Waals surface area contributed by atoms with Crippen molar-refractivity contribution in [2.45, 2.75) is 4.75 Å². The summed E-state index contributed by atoms with van der Waals surface area (Å²) in [6.07, 6.45) is 0. The Balaban J connectivity index is 2.63. The minimum absolute atomic E-state index is 0.00439. The molecule has 5 nitrogen and oxygen atoms in total. The van der Waals surface area contributed by atoms with Gasteiger partial charge in [0.05, 0.1) is 20.1 Å². The maximum atomic E-state index is 13.0. The van der Waals surface area contributed by atoms with Gasteiger partial charge in [-0.25, -0.2) is 0 Å². The lowest BCUT2D eigenvalue weighted by Crippen LogP contribution is -2.39. The molecule has 0 unspecified atom stereocenters. The molecule has 3 aromatic carbocycles. The number of hydrogen-bond donors (Lipinski definition) is 3. The van der Waals surface area contributed by atoms with E-state index >= 15 is 0 Å². The highest BCUT2D eigenvalue weighted by atomic mass is 35.5. The van der Waals surface area contributed by atoms with Crippen molar-refractivity contribution in [3.05, 3.63) is 91.4 Å². The van der Waals surface area contributed by atoms with E-state index in [-0.39, 0.29) is 36.8 Å². The molecule has 0 aliphatic rings. The van der Waals surface area contributed by atoms with Crippen LogP contribution in [0.5, 0.6) is 11.5 Å². The smallest absolute Gasteiger partial charge is 0.283 e. The molecule has 3 rings (SSSR count). The molecular formula is C19H12Cl4O5S. The van der Waals surface area contributed by atoms with Crippen LogP contribution in [0.4, 0.5) is 0 Å². The number of phenols is 2. The normalized spacial score (nSPS) is 12.2. The van der Waals surface area contributed by atoms with E-state index in [9.17, 15) is 23.2 Å². The standard InChI is InChI=1S/C19H12Cl4O5S/c20-13-8-7-10(9-14(13)21)19(29(26,27)28,11-3-1-5-15(24)17(11)22)12-4-2-6-16(25)18(12)23/h1-9,24-25H,(H,26,27,28). The first-order valence-electron chi connectivity index (χ1n) is 7.90. The van der Waals surface area contributed by atoms with Crippen LogP contribution in [0.2, 0.25) is 20.1 Å². The fraction of sp³-hybridized carbons (Fsp3) is 0.0526. The molecule has 10 heteroatoms. The fourth-order valence-corrected chi connectivity index (χ4v) is 5.45. The topological polar surface area (TPSA) is 94.8 Å². The lowest BCUT2D eigenvalue weighted by molar-refractivity contribution is 0.455. The molecule has 0 fully saturated rings. The van der Waals surface area contributed by atoms with Crippen LogP contribution in [0.15, 0.2) is 54.6 Å². The van der Waals surface area contributed by atoms with Crippen molar-refractivity contribution in [3.8, 4) is 11.5 Å². The molecule has 3 aromatic rings. The molecule has 0 radical (unpaired) electrons. The zero-order chi connectivity index (χ0) is 21.6. The van der Waals surface area contributed by atoms with Crippen LogP contribution in [0.3, 0.4) is 0 Å². The molecule has 0 spiro atoms. The summed E-state index contributed by atoms with van der Waals surface area (Å²) in [6.45, 7) is 0. The van der Waals surface area contributed by atoms with Crippen molar-refractivity contribution in [3.63, 3.8) is 0 Å². The van der Waals surface area contributed by atoms with Gasteiger partial charge < -0.3 is 10.2 Å². The van der Waals surface area contributed by atoms with Crippen molar-refractivity contribution in [2.75, 3.05) is 0 Å². The van der Waals surface area contributed by atoms with Crippen LogP contribution < -0.4 is 0 Å². The Morgan fingerprint density at radius 3 is 1.62 bits per heavy atom. The van der Waals surface area contributed by atoms with E-state index in [0.29, 0.717) is 0 Å². The largest absolute Gasteiger partial charge is 0.506 e. The highest BCUT2D eigenvalue weighted by Gasteiger charge is 2.51. The Morgan fingerprint density at radius 1 is 0.724 bits per heavy atom. The van der Waals surface area contributed by atoms with Gasteiger partial charge in [0.2, 0.25) is 0 Å². The molecule has 0 aliphatic carbocycles. The number of rotatable bonds is 4. The van der Waals surface area contributed by atoms with Crippen molar-refractivity contribution >= 4 is 56.5 Å². The van der Waals surface area contributed by atoms with Crippen LogP contribution in [-0.2, 0) is 14.9 Å². The van der Waals surface area contributed by atoms with Crippen molar-refractivity contribution < 1.29 is 23.2 Å². The van der Waals surface area contributed by atoms with Gasteiger partial charge in [-0.2, -0.15) is 8.42 Å². The van der Waals surface area contributed by atoms with E-state index in [1.807, 2.05) is 0 Å². The third kappa shape index (κ3) is 3.54. The third-order valence-corrected chi connectivity index (χ3v) is 7.41. The summed E-state index contributed by atoms with van der Waals surface area (Å²) < 4.78 is 34.0. The van der Waals surface area contributed by atoms with Gasteiger partial charge in [0.25, 0.3) is 10.1 Å². The minimum atomic E-state index is -5.09. The van der Waals surface area contributed by atoms with E-state index in [1.165, 1.54) is 54.6 Å². The predicted molar refractivity (Wildman–Crippen MR) is 114 cm³/mol. The first-order valence-corrected chi connectivity index (χ1v) is 10.9. The lowest BCUT2D eigenvalue weighted by atomic mass is 9.83. The van der Waals surface area contributed by atoms with Crippen molar-refractivity contribution in [1.82, 2.24) is 0 Å². The maximum absolute atomic E-state index is 13.0. The van der Waals surface area contributed by atoms with E-state index < -0.39 is 26.4 Å². The molecule has 29 heavy (non-hydrogen) atoms. The Bertz CT molecular complexity index is 1160. The number of benzene rings is 3. The number of halogens is 4. The van der Waals surface area contributed by atoms with Crippen LogP contribution in [0.1, 0.15) is 16.7 Å². The molecule has 0 aliphatic heterocycles. The van der Waals surface area contributed by atoms with Gasteiger partial charge in [0, 0.05) is 11.1 Å². The van der Waals surface area contributed by atoms with Crippen molar-refractivity contribution in [2.24, 2.45) is 0 Å². The second kappa shape index (κ2) is 7.87. The summed E-state index contributed by atoms with van der Waals surface area (Å²) in [7, 11) is -5.09. The van der Waals surface area contributed by atoms with Crippen LogP contribution >= 0.6 is 46.4 Å². The van der Waals surface area contributed by atoms with Crippen LogP contribution in [0.25, 0.3) is 0 Å². The van der Waals surface area contributed by atoms with Gasteiger partial charge in [0.1, 0.15) is 11.5 Å². The maximum Gasteiger partial charge on any atom is 0.283 e. The van der Waals surface area contributed by atoms with Gasteiger partial charge in [-0.05, 0) is 29.8 Å². The van der Waals surface area contributed by atoms with Crippen molar-refractivity contribution in [1.29, 1.82) is 0 Å². The Hall–Kier alpha value is -1.67. The molecule has 0 heterocycles. The summed E-state index contributed by atoms with van der Waals surface area (Å²) in [5, 5.41) is 19.7. The Morgan fingerprint density at radius 2 is 1.21 bits per heavy atom. The first-order chi connectivity index (χ1) is 13.5. The molecule has 0 atom stereocenters. The molecule has 0 amide bonds. The zero-order valence-corrected chi connectivity index (χ0v) is 18.1. The van der Waals surface area contributed by atoms with E-state index in [1.54, 1.807) is 0 Å². The monoisotopic (exact) mass is 492 g/mol. The third-order valence-electron chi connectivity index (χ3n) is 4.43. The summed E-state index contributed by atoms with van der Waals surface area (Å²) in [5.41, 5.74) is -0.463. The number of hydrogen-bond acceptors (Lipinski definition) is 4. The highest BCUT2D eigenvalue weighted by Crippen LogP contribution is 2.51. The van der Waals surface area contributed by atoms with E-state index in [2.05, 4.69) is 0 Å². The molecule has 0 saturated carbocycles. The van der Waals surface area contributed by atoms with Gasteiger partial charge >= 0.3 is 0 Å². The second-order valence-corrected chi connectivity index (χ2v) is 9.20. The summed E-state index contributed by atoms with van der Waals surface area (Å²) in [5.74, 6) is -0.845. The summed E-state index contributed by atoms with van der Waals surface area (Å²) in [6, 6.07) is 11.7. The molecule has 152 valence electrons. The van der Waals surface area contributed by atoms with E-state index in [0.717, 1.165) is 0 Å². The SMILES string of the molecule is O=S(=O)(O)C(c1ccc(Cl)c(Cl)c1)(c1cccc(O)c1Cl)c1cccc(O)c1Cl. The molecule has 0 aromatic heterocycles. The average Bonchev–Trinajstić information content (AvgIpc) is 2.64. The fourth-order valence-electron chi connectivity index (χ4n) is 3.18. The van der Waals surface area contributed by atoms with Gasteiger partial charge in [-0.1, -0.05) is 76.7 Å². The Labute approximate surface area is 186 Å². The molecule has 0 bridgehead atoms. The summed E-state index contributed by atoms with van der Waals surface area (Å²) >= 11 is 24.6. The summed E-state index contributed by atoms with van der Waals surface area (Å²) in [4.78, 5) is 0. The van der Waals surface area contributed by atoms with Gasteiger partial charge in [-0.3, -0.25) is 4.55 Å². The number of phenolic OH excluding ortho intramolecular Hbond substituents is 2. The molecule has 3 N–H and O–H groups in total. The van der Waals surface area contributed by atoms with Crippen LogP contribution in [-0.4, -0.2) is 23.2 Å².